The molecule has 0 aliphatic heterocycles. The van der Waals surface area contributed by atoms with Crippen molar-refractivity contribution >= 4 is 17.5 Å². The minimum Gasteiger partial charge on any atom is -0.345 e. The molecule has 0 atom stereocenters. The molecule has 26 heavy (non-hydrogen) atoms. The summed E-state index contributed by atoms with van der Waals surface area (Å²) in [6, 6.07) is 13.2. The van der Waals surface area contributed by atoms with Crippen molar-refractivity contribution in [3.8, 4) is 0 Å². The Bertz CT molecular complexity index is 809. The van der Waals surface area contributed by atoms with E-state index >= 15 is 0 Å². The minimum atomic E-state index is -0.694. The van der Waals surface area contributed by atoms with E-state index in [9.17, 15) is 14.0 Å². The van der Waals surface area contributed by atoms with E-state index in [2.05, 4.69) is 5.32 Å². The Hall–Kier alpha value is -2.69. The molecule has 2 aromatic rings. The van der Waals surface area contributed by atoms with Gasteiger partial charge >= 0.3 is 0 Å². The predicted octanol–water partition coefficient (Wildman–Crippen LogP) is 3.98. The maximum atomic E-state index is 13.7. The van der Waals surface area contributed by atoms with Crippen molar-refractivity contribution in [1.29, 1.82) is 0 Å². The number of benzene rings is 2. The van der Waals surface area contributed by atoms with Gasteiger partial charge in [0.15, 0.2) is 0 Å². The maximum absolute atomic E-state index is 13.7. The van der Waals surface area contributed by atoms with Gasteiger partial charge in [-0.25, -0.2) is 4.39 Å². The van der Waals surface area contributed by atoms with Crippen LogP contribution < -0.4 is 5.32 Å². The van der Waals surface area contributed by atoms with Crippen LogP contribution in [0.25, 0.3) is 0 Å². The van der Waals surface area contributed by atoms with Gasteiger partial charge in [-0.1, -0.05) is 25.0 Å². The van der Waals surface area contributed by atoms with E-state index in [1.54, 1.807) is 44.4 Å². The van der Waals surface area contributed by atoms with Crippen LogP contribution in [0, 0.1) is 5.82 Å². The van der Waals surface area contributed by atoms with Gasteiger partial charge in [0, 0.05) is 25.3 Å². The molecule has 0 unspecified atom stereocenters. The lowest BCUT2D eigenvalue weighted by molar-refractivity contribution is -0.121. The Morgan fingerprint density at radius 3 is 2.27 bits per heavy atom. The molecular formula is C21H23FN2O2. The zero-order valence-electron chi connectivity index (χ0n) is 15.1. The van der Waals surface area contributed by atoms with Crippen LogP contribution in [0.5, 0.6) is 0 Å². The third kappa shape index (κ3) is 3.47. The van der Waals surface area contributed by atoms with Gasteiger partial charge in [0.25, 0.3) is 5.91 Å². The Morgan fingerprint density at radius 2 is 1.69 bits per heavy atom. The smallest absolute Gasteiger partial charge is 0.253 e. The zero-order chi connectivity index (χ0) is 18.7. The molecule has 4 nitrogen and oxygen atoms in total. The Balaban J connectivity index is 1.82. The monoisotopic (exact) mass is 354 g/mol. The quantitative estimate of drug-likeness (QED) is 0.903. The van der Waals surface area contributed by atoms with Crippen molar-refractivity contribution in [3.63, 3.8) is 0 Å². The number of hydrogen-bond acceptors (Lipinski definition) is 2. The maximum Gasteiger partial charge on any atom is 0.253 e. The SMILES string of the molecule is CN(C)C(=O)c1ccc(NC(=O)C2(c3cccc(F)c3)CCCC2)cc1. The summed E-state index contributed by atoms with van der Waals surface area (Å²) >= 11 is 0. The summed E-state index contributed by atoms with van der Waals surface area (Å²) in [6.07, 6.45) is 3.30. The van der Waals surface area contributed by atoms with Crippen molar-refractivity contribution in [1.82, 2.24) is 4.90 Å². The van der Waals surface area contributed by atoms with Crippen molar-refractivity contribution in [2.45, 2.75) is 31.1 Å². The van der Waals surface area contributed by atoms with Gasteiger partial charge in [-0.2, -0.15) is 0 Å². The van der Waals surface area contributed by atoms with E-state index in [1.807, 2.05) is 6.07 Å². The first-order valence-corrected chi connectivity index (χ1v) is 8.82. The number of amides is 2. The fourth-order valence-corrected chi connectivity index (χ4v) is 3.62. The number of carbonyl (C=O) groups is 2. The number of hydrogen-bond donors (Lipinski definition) is 1. The molecule has 0 spiro atoms. The average molecular weight is 354 g/mol. The molecular weight excluding hydrogens is 331 g/mol. The predicted molar refractivity (Wildman–Crippen MR) is 99.6 cm³/mol. The van der Waals surface area contributed by atoms with E-state index in [1.165, 1.54) is 17.0 Å². The van der Waals surface area contributed by atoms with Crippen LogP contribution in [0.15, 0.2) is 48.5 Å². The molecule has 0 bridgehead atoms. The van der Waals surface area contributed by atoms with E-state index in [-0.39, 0.29) is 17.6 Å². The van der Waals surface area contributed by atoms with E-state index in [0.29, 0.717) is 24.1 Å². The highest BCUT2D eigenvalue weighted by molar-refractivity contribution is 6.00. The summed E-state index contributed by atoms with van der Waals surface area (Å²) in [6.45, 7) is 0. The lowest BCUT2D eigenvalue weighted by atomic mass is 9.78. The number of nitrogens with one attached hydrogen (secondary N) is 1. The van der Waals surface area contributed by atoms with E-state index in [0.717, 1.165) is 18.4 Å². The zero-order valence-corrected chi connectivity index (χ0v) is 15.1. The molecule has 2 amide bonds. The Kier molecular flexibility index (Phi) is 5.07. The summed E-state index contributed by atoms with van der Waals surface area (Å²) in [5, 5.41) is 2.95. The third-order valence-corrected chi connectivity index (χ3v) is 5.06. The van der Waals surface area contributed by atoms with E-state index in [4.69, 9.17) is 0 Å². The topological polar surface area (TPSA) is 49.4 Å². The van der Waals surface area contributed by atoms with Crippen LogP contribution >= 0.6 is 0 Å². The van der Waals surface area contributed by atoms with Crippen LogP contribution in [-0.2, 0) is 10.2 Å². The minimum absolute atomic E-state index is 0.0881. The van der Waals surface area contributed by atoms with Crippen LogP contribution in [0.1, 0.15) is 41.6 Å². The average Bonchev–Trinajstić information content (AvgIpc) is 3.13. The Labute approximate surface area is 153 Å². The molecule has 5 heteroatoms. The van der Waals surface area contributed by atoms with Gasteiger partial charge in [-0.05, 0) is 54.8 Å². The molecule has 0 heterocycles. The summed E-state index contributed by atoms with van der Waals surface area (Å²) in [7, 11) is 3.39. The third-order valence-electron chi connectivity index (χ3n) is 5.06. The van der Waals surface area contributed by atoms with Crippen molar-refractivity contribution in [3.05, 3.63) is 65.5 Å². The first kappa shape index (κ1) is 18.1. The second kappa shape index (κ2) is 7.28. The second-order valence-electron chi connectivity index (χ2n) is 7.03. The number of rotatable bonds is 4. The lowest BCUT2D eigenvalue weighted by Gasteiger charge is -2.28. The van der Waals surface area contributed by atoms with Crippen molar-refractivity contribution < 1.29 is 14.0 Å². The molecule has 2 aromatic carbocycles. The number of nitrogens with zero attached hydrogens (tertiary/aromatic N) is 1. The fourth-order valence-electron chi connectivity index (χ4n) is 3.62. The molecule has 1 aliphatic rings. The molecule has 0 aromatic heterocycles. The van der Waals surface area contributed by atoms with Gasteiger partial charge in [0.2, 0.25) is 5.91 Å². The Morgan fingerprint density at radius 1 is 1.04 bits per heavy atom. The highest BCUT2D eigenvalue weighted by atomic mass is 19.1. The van der Waals surface area contributed by atoms with Crippen molar-refractivity contribution in [2.24, 2.45) is 0 Å². The molecule has 1 fully saturated rings. The summed E-state index contributed by atoms with van der Waals surface area (Å²) < 4.78 is 13.7. The van der Waals surface area contributed by atoms with Gasteiger partial charge < -0.3 is 10.2 Å². The molecule has 3 rings (SSSR count). The lowest BCUT2D eigenvalue weighted by Crippen LogP contribution is -2.38. The molecule has 0 saturated heterocycles. The number of carbonyl (C=O) groups excluding carboxylic acids is 2. The molecule has 1 N–H and O–H groups in total. The first-order valence-electron chi connectivity index (χ1n) is 8.82. The van der Waals surface area contributed by atoms with Crippen LogP contribution in [0.3, 0.4) is 0 Å². The molecule has 0 radical (unpaired) electrons. The molecule has 1 aliphatic carbocycles. The fraction of sp³-hybridized carbons (Fsp3) is 0.333. The highest BCUT2D eigenvalue weighted by Gasteiger charge is 2.42. The standard InChI is InChI=1S/C21H23FN2O2/c1-24(2)19(25)15-8-10-18(11-9-15)23-20(26)21(12-3-4-13-21)16-6-5-7-17(22)14-16/h5-11,14H,3-4,12-13H2,1-2H3,(H,23,26). The second-order valence-corrected chi connectivity index (χ2v) is 7.03. The van der Waals surface area contributed by atoms with E-state index < -0.39 is 5.41 Å². The van der Waals surface area contributed by atoms with Gasteiger partial charge in [0.05, 0.1) is 5.41 Å². The molecule has 1 saturated carbocycles. The van der Waals surface area contributed by atoms with Crippen LogP contribution in [0.2, 0.25) is 0 Å². The summed E-state index contributed by atoms with van der Waals surface area (Å²) in [5.41, 5.74) is 1.23. The van der Waals surface area contributed by atoms with Gasteiger partial charge in [-0.3, -0.25) is 9.59 Å². The van der Waals surface area contributed by atoms with Crippen molar-refractivity contribution in [2.75, 3.05) is 19.4 Å². The normalized spacial score (nSPS) is 15.5. The number of halogens is 1. The largest absolute Gasteiger partial charge is 0.345 e. The first-order chi connectivity index (χ1) is 12.4. The number of anilines is 1. The summed E-state index contributed by atoms with van der Waals surface area (Å²) in [5.74, 6) is -0.532. The summed E-state index contributed by atoms with van der Waals surface area (Å²) in [4.78, 5) is 26.5. The van der Waals surface area contributed by atoms with Gasteiger partial charge in [-0.15, -0.1) is 0 Å². The van der Waals surface area contributed by atoms with Crippen LogP contribution in [0.4, 0.5) is 10.1 Å². The van der Waals surface area contributed by atoms with Crippen LogP contribution in [-0.4, -0.2) is 30.8 Å². The van der Waals surface area contributed by atoms with Gasteiger partial charge in [0.1, 0.15) is 5.82 Å². The highest BCUT2D eigenvalue weighted by Crippen LogP contribution is 2.42. The molecule has 136 valence electrons.